The van der Waals surface area contributed by atoms with E-state index in [-0.39, 0.29) is 5.25 Å². The van der Waals surface area contributed by atoms with Crippen LogP contribution in [-0.4, -0.2) is 33.0 Å². The van der Waals surface area contributed by atoms with E-state index >= 15 is 0 Å². The third-order valence-corrected chi connectivity index (χ3v) is 7.16. The van der Waals surface area contributed by atoms with Crippen LogP contribution in [0.1, 0.15) is 64.2 Å². The van der Waals surface area contributed by atoms with Gasteiger partial charge < -0.3 is 5.32 Å². The van der Waals surface area contributed by atoms with Crippen LogP contribution in [-0.2, 0) is 9.84 Å². The zero-order chi connectivity index (χ0) is 14.6. The molecule has 3 unspecified atom stereocenters. The van der Waals surface area contributed by atoms with E-state index in [1.54, 1.807) is 0 Å². The first-order valence-electron chi connectivity index (χ1n) is 8.37. The summed E-state index contributed by atoms with van der Waals surface area (Å²) in [6.45, 7) is 0. The second-order valence-corrected chi connectivity index (χ2v) is 9.34. The molecule has 2 saturated carbocycles. The lowest BCUT2D eigenvalue weighted by Crippen LogP contribution is -2.40. The van der Waals surface area contributed by atoms with Crippen LogP contribution in [0.2, 0.25) is 0 Å². The van der Waals surface area contributed by atoms with E-state index in [9.17, 15) is 8.42 Å². The van der Waals surface area contributed by atoms with Gasteiger partial charge in [-0.3, -0.25) is 0 Å². The number of hydrogen-bond donors (Lipinski definition) is 1. The molecule has 2 aliphatic rings. The Morgan fingerprint density at radius 2 is 1.75 bits per heavy atom. The SMILES string of the molecule is CNC(CC1CCCCC1)C1CCCC(S(C)(=O)=O)C1. The minimum Gasteiger partial charge on any atom is -0.317 e. The normalized spacial score (nSPS) is 31.1. The lowest BCUT2D eigenvalue weighted by atomic mass is 9.77. The minimum absolute atomic E-state index is 0.0940. The summed E-state index contributed by atoms with van der Waals surface area (Å²) in [5.41, 5.74) is 0. The molecule has 3 nitrogen and oxygen atoms in total. The molecule has 0 bridgehead atoms. The zero-order valence-corrected chi connectivity index (χ0v) is 13.9. The highest BCUT2D eigenvalue weighted by molar-refractivity contribution is 7.91. The quantitative estimate of drug-likeness (QED) is 0.848. The summed E-state index contributed by atoms with van der Waals surface area (Å²) in [5, 5.41) is 3.40. The first-order chi connectivity index (χ1) is 9.50. The fourth-order valence-electron chi connectivity index (χ4n) is 4.26. The number of rotatable bonds is 5. The molecule has 1 N–H and O–H groups in total. The molecule has 2 fully saturated rings. The monoisotopic (exact) mass is 301 g/mol. The van der Waals surface area contributed by atoms with Crippen molar-refractivity contribution in [3.8, 4) is 0 Å². The first-order valence-corrected chi connectivity index (χ1v) is 10.3. The minimum atomic E-state index is -2.86. The van der Waals surface area contributed by atoms with Crippen molar-refractivity contribution in [2.45, 2.75) is 75.5 Å². The van der Waals surface area contributed by atoms with Crippen LogP contribution in [0.5, 0.6) is 0 Å². The summed E-state index contributed by atoms with van der Waals surface area (Å²) in [6.07, 6.45) is 13.6. The van der Waals surface area contributed by atoms with Crippen LogP contribution in [0.25, 0.3) is 0 Å². The average molecular weight is 301 g/mol. The summed E-state index contributed by atoms with van der Waals surface area (Å²) in [6, 6.07) is 0.516. The Morgan fingerprint density at radius 3 is 2.35 bits per heavy atom. The maximum Gasteiger partial charge on any atom is 0.150 e. The predicted octanol–water partition coefficient (Wildman–Crippen LogP) is 3.15. The third-order valence-electron chi connectivity index (χ3n) is 5.52. The molecule has 3 atom stereocenters. The summed E-state index contributed by atoms with van der Waals surface area (Å²) in [7, 11) is -0.808. The molecule has 0 saturated heterocycles. The maximum absolute atomic E-state index is 11.8. The summed E-state index contributed by atoms with van der Waals surface area (Å²) in [4.78, 5) is 0. The van der Waals surface area contributed by atoms with Crippen LogP contribution < -0.4 is 5.32 Å². The highest BCUT2D eigenvalue weighted by atomic mass is 32.2. The number of nitrogens with one attached hydrogen (secondary N) is 1. The van der Waals surface area contributed by atoms with E-state index < -0.39 is 9.84 Å². The Labute approximate surface area is 124 Å². The van der Waals surface area contributed by atoms with Crippen molar-refractivity contribution in [1.29, 1.82) is 0 Å². The van der Waals surface area contributed by atoms with Gasteiger partial charge >= 0.3 is 0 Å². The summed E-state index contributed by atoms with van der Waals surface area (Å²) in [5.74, 6) is 1.41. The Bertz CT molecular complexity index is 387. The van der Waals surface area contributed by atoms with Crippen LogP contribution >= 0.6 is 0 Å². The third kappa shape index (κ3) is 4.45. The summed E-state index contributed by atoms with van der Waals surface area (Å²) >= 11 is 0. The van der Waals surface area contributed by atoms with Crippen molar-refractivity contribution in [3.05, 3.63) is 0 Å². The zero-order valence-electron chi connectivity index (χ0n) is 13.1. The highest BCUT2D eigenvalue weighted by Gasteiger charge is 2.33. The van der Waals surface area contributed by atoms with Gasteiger partial charge in [0.2, 0.25) is 0 Å². The predicted molar refractivity (Wildman–Crippen MR) is 84.6 cm³/mol. The van der Waals surface area contributed by atoms with Crippen molar-refractivity contribution >= 4 is 9.84 Å². The molecule has 0 spiro atoms. The molecule has 0 heterocycles. The van der Waals surface area contributed by atoms with Gasteiger partial charge in [0.15, 0.2) is 0 Å². The molecule has 2 aliphatic carbocycles. The van der Waals surface area contributed by atoms with E-state index in [1.165, 1.54) is 51.2 Å². The lowest BCUT2D eigenvalue weighted by molar-refractivity contribution is 0.220. The van der Waals surface area contributed by atoms with Gasteiger partial charge in [0.25, 0.3) is 0 Å². The first kappa shape index (κ1) is 16.3. The molecule has 0 radical (unpaired) electrons. The van der Waals surface area contributed by atoms with Gasteiger partial charge in [0.1, 0.15) is 9.84 Å². The second kappa shape index (κ2) is 7.26. The molecule has 0 aliphatic heterocycles. The van der Waals surface area contributed by atoms with Crippen LogP contribution in [0, 0.1) is 11.8 Å². The molecule has 4 heteroatoms. The van der Waals surface area contributed by atoms with Gasteiger partial charge in [-0.2, -0.15) is 0 Å². The van der Waals surface area contributed by atoms with Gasteiger partial charge in [0.05, 0.1) is 5.25 Å². The largest absolute Gasteiger partial charge is 0.317 e. The smallest absolute Gasteiger partial charge is 0.150 e. The molecular formula is C16H31NO2S. The van der Waals surface area contributed by atoms with E-state index in [4.69, 9.17) is 0 Å². The van der Waals surface area contributed by atoms with Crippen molar-refractivity contribution in [2.75, 3.05) is 13.3 Å². The van der Waals surface area contributed by atoms with E-state index in [0.29, 0.717) is 12.0 Å². The van der Waals surface area contributed by atoms with Crippen LogP contribution in [0.3, 0.4) is 0 Å². The van der Waals surface area contributed by atoms with Gasteiger partial charge in [0, 0.05) is 12.3 Å². The Balaban J connectivity index is 1.92. The van der Waals surface area contributed by atoms with E-state index in [2.05, 4.69) is 12.4 Å². The molecule has 118 valence electrons. The highest BCUT2D eigenvalue weighted by Crippen LogP contribution is 2.35. The average Bonchev–Trinajstić information content (AvgIpc) is 2.45. The van der Waals surface area contributed by atoms with Crippen molar-refractivity contribution < 1.29 is 8.42 Å². The lowest BCUT2D eigenvalue weighted by Gasteiger charge is -2.36. The fourth-order valence-corrected chi connectivity index (χ4v) is 5.45. The topological polar surface area (TPSA) is 46.2 Å². The van der Waals surface area contributed by atoms with Gasteiger partial charge in [-0.15, -0.1) is 0 Å². The Kier molecular flexibility index (Phi) is 5.91. The van der Waals surface area contributed by atoms with Crippen molar-refractivity contribution in [1.82, 2.24) is 5.32 Å². The van der Waals surface area contributed by atoms with Crippen molar-refractivity contribution in [2.24, 2.45) is 11.8 Å². The fraction of sp³-hybridized carbons (Fsp3) is 1.00. The second-order valence-electron chi connectivity index (χ2n) is 7.01. The van der Waals surface area contributed by atoms with Gasteiger partial charge in [-0.1, -0.05) is 38.5 Å². The van der Waals surface area contributed by atoms with Gasteiger partial charge in [-0.05, 0) is 44.6 Å². The molecule has 20 heavy (non-hydrogen) atoms. The number of sulfone groups is 1. The number of hydrogen-bond acceptors (Lipinski definition) is 3. The molecule has 0 amide bonds. The maximum atomic E-state index is 11.8. The van der Waals surface area contributed by atoms with Crippen LogP contribution in [0.15, 0.2) is 0 Å². The Morgan fingerprint density at radius 1 is 1.05 bits per heavy atom. The summed E-state index contributed by atoms with van der Waals surface area (Å²) < 4.78 is 23.6. The molecule has 0 aromatic carbocycles. The van der Waals surface area contributed by atoms with Crippen LogP contribution in [0.4, 0.5) is 0 Å². The van der Waals surface area contributed by atoms with Gasteiger partial charge in [-0.25, -0.2) is 8.42 Å². The molecular weight excluding hydrogens is 270 g/mol. The molecule has 0 aromatic heterocycles. The van der Waals surface area contributed by atoms with Crippen molar-refractivity contribution in [3.63, 3.8) is 0 Å². The Hall–Kier alpha value is -0.0900. The molecule has 0 aromatic rings. The van der Waals surface area contributed by atoms with E-state index in [0.717, 1.165) is 25.2 Å². The molecule has 2 rings (SSSR count). The van der Waals surface area contributed by atoms with E-state index in [1.807, 2.05) is 0 Å². The standard InChI is InChI=1S/C16H31NO2S/c1-17-16(11-13-7-4-3-5-8-13)14-9-6-10-15(12-14)20(2,18)19/h13-17H,3-12H2,1-2H3.